The molecule has 0 aliphatic heterocycles. The summed E-state index contributed by atoms with van der Waals surface area (Å²) < 4.78 is 0. The lowest BCUT2D eigenvalue weighted by atomic mass is 9.98. The molecule has 0 radical (unpaired) electrons. The van der Waals surface area contributed by atoms with Crippen molar-refractivity contribution < 1.29 is 15.3 Å². The lowest BCUT2D eigenvalue weighted by molar-refractivity contribution is 0.210. The molecule has 0 fully saturated rings. The zero-order valence-corrected chi connectivity index (χ0v) is 10.0. The van der Waals surface area contributed by atoms with Crippen LogP contribution in [0.5, 0.6) is 5.75 Å². The second-order valence-corrected chi connectivity index (χ2v) is 4.10. The zero-order valence-electron chi connectivity index (χ0n) is 10.0. The van der Waals surface area contributed by atoms with Gasteiger partial charge in [0, 0.05) is 17.3 Å². The number of aliphatic hydroxyl groups excluding tert-OH is 2. The molecule has 94 valence electrons. The van der Waals surface area contributed by atoms with Gasteiger partial charge >= 0.3 is 0 Å². The van der Waals surface area contributed by atoms with Crippen molar-refractivity contribution in [3.8, 4) is 5.75 Å². The van der Waals surface area contributed by atoms with Crippen LogP contribution < -0.4 is 0 Å². The number of aliphatic hydroxyl groups is 2. The van der Waals surface area contributed by atoms with Crippen LogP contribution in [0.25, 0.3) is 0 Å². The van der Waals surface area contributed by atoms with Crippen molar-refractivity contribution >= 4 is 0 Å². The Kier molecular flexibility index (Phi) is 3.60. The Hall–Kier alpha value is -1.91. The first-order chi connectivity index (χ1) is 8.65. The monoisotopic (exact) mass is 245 g/mol. The number of hydrogen-bond acceptors (Lipinski definition) is 4. The highest BCUT2D eigenvalue weighted by Gasteiger charge is 2.18. The van der Waals surface area contributed by atoms with Crippen LogP contribution in [0.15, 0.2) is 36.5 Å². The average Bonchev–Trinajstić information content (AvgIpc) is 2.42. The van der Waals surface area contributed by atoms with E-state index in [1.165, 1.54) is 6.20 Å². The normalized spacial score (nSPS) is 12.4. The molecule has 4 heteroatoms. The highest BCUT2D eigenvalue weighted by molar-refractivity contribution is 5.44. The summed E-state index contributed by atoms with van der Waals surface area (Å²) in [5.41, 5.74) is 1.87. The lowest BCUT2D eigenvalue weighted by Gasteiger charge is -2.16. The van der Waals surface area contributed by atoms with Crippen LogP contribution in [0, 0.1) is 6.92 Å². The number of pyridine rings is 1. The summed E-state index contributed by atoms with van der Waals surface area (Å²) in [6, 6.07) is 9.05. The van der Waals surface area contributed by atoms with Gasteiger partial charge in [-0.3, -0.25) is 4.98 Å². The first kappa shape index (κ1) is 12.5. The van der Waals surface area contributed by atoms with Gasteiger partial charge in [-0.2, -0.15) is 0 Å². The molecule has 1 aromatic carbocycles. The molecule has 0 bridgehead atoms. The van der Waals surface area contributed by atoms with Crippen molar-refractivity contribution in [3.05, 3.63) is 58.9 Å². The van der Waals surface area contributed by atoms with Crippen molar-refractivity contribution in [1.29, 1.82) is 0 Å². The Morgan fingerprint density at radius 1 is 1.22 bits per heavy atom. The fraction of sp³-hybridized carbons (Fsp3) is 0.214. The molecule has 1 unspecified atom stereocenters. The summed E-state index contributed by atoms with van der Waals surface area (Å²) >= 11 is 0. The number of aryl methyl sites for hydroxylation is 1. The average molecular weight is 245 g/mol. The number of benzene rings is 1. The molecule has 0 amide bonds. The van der Waals surface area contributed by atoms with E-state index in [9.17, 15) is 15.3 Å². The van der Waals surface area contributed by atoms with Crippen molar-refractivity contribution in [2.24, 2.45) is 0 Å². The summed E-state index contributed by atoms with van der Waals surface area (Å²) in [4.78, 5) is 4.01. The minimum absolute atomic E-state index is 0.0648. The van der Waals surface area contributed by atoms with Crippen molar-refractivity contribution in [1.82, 2.24) is 4.98 Å². The molecule has 1 heterocycles. The van der Waals surface area contributed by atoms with Crippen LogP contribution in [0.1, 0.15) is 28.5 Å². The van der Waals surface area contributed by atoms with Gasteiger partial charge in [-0.05, 0) is 12.5 Å². The van der Waals surface area contributed by atoms with Crippen LogP contribution in [0.4, 0.5) is 0 Å². The third-order valence-electron chi connectivity index (χ3n) is 2.94. The van der Waals surface area contributed by atoms with E-state index in [0.29, 0.717) is 22.4 Å². The van der Waals surface area contributed by atoms with Gasteiger partial charge in [-0.1, -0.05) is 30.3 Å². The topological polar surface area (TPSA) is 73.6 Å². The predicted octanol–water partition coefficient (Wildman–Crippen LogP) is 1.67. The largest absolute Gasteiger partial charge is 0.506 e. The van der Waals surface area contributed by atoms with Crippen LogP contribution >= 0.6 is 0 Å². The number of aromatic hydroxyl groups is 1. The predicted molar refractivity (Wildman–Crippen MR) is 67.1 cm³/mol. The smallest absolute Gasteiger partial charge is 0.142 e. The number of aromatic nitrogens is 1. The number of rotatable bonds is 3. The summed E-state index contributed by atoms with van der Waals surface area (Å²) in [5, 5.41) is 29.4. The fourth-order valence-corrected chi connectivity index (χ4v) is 1.88. The Morgan fingerprint density at radius 3 is 2.50 bits per heavy atom. The van der Waals surface area contributed by atoms with E-state index < -0.39 is 6.10 Å². The maximum Gasteiger partial charge on any atom is 0.142 e. The van der Waals surface area contributed by atoms with Gasteiger partial charge in [-0.15, -0.1) is 0 Å². The first-order valence-corrected chi connectivity index (χ1v) is 5.66. The van der Waals surface area contributed by atoms with E-state index in [4.69, 9.17) is 0 Å². The SMILES string of the molecule is Cc1ncc(C(O)c2ccccc2)c(CO)c1O. The molecule has 4 nitrogen and oxygen atoms in total. The first-order valence-electron chi connectivity index (χ1n) is 5.66. The Balaban J connectivity index is 2.49. The van der Waals surface area contributed by atoms with Crippen molar-refractivity contribution in [3.63, 3.8) is 0 Å². The number of hydrogen-bond donors (Lipinski definition) is 3. The quantitative estimate of drug-likeness (QED) is 0.769. The molecule has 0 aliphatic rings. The minimum Gasteiger partial charge on any atom is -0.506 e. The molecule has 18 heavy (non-hydrogen) atoms. The highest BCUT2D eigenvalue weighted by atomic mass is 16.3. The van der Waals surface area contributed by atoms with E-state index in [1.807, 2.05) is 18.2 Å². The molecule has 0 saturated carbocycles. The van der Waals surface area contributed by atoms with Crippen LogP contribution in [0.3, 0.4) is 0 Å². The third kappa shape index (κ3) is 2.20. The summed E-state index contributed by atoms with van der Waals surface area (Å²) in [7, 11) is 0. The molecule has 2 aromatic rings. The number of nitrogens with zero attached hydrogens (tertiary/aromatic N) is 1. The molecule has 1 atom stereocenters. The standard InChI is InChI=1S/C14H15NO3/c1-9-13(17)12(8-16)11(7-15-9)14(18)10-5-3-2-4-6-10/h2-7,14,16-18H,8H2,1H3. The van der Waals surface area contributed by atoms with Crippen molar-refractivity contribution in [2.75, 3.05) is 0 Å². The van der Waals surface area contributed by atoms with E-state index in [0.717, 1.165) is 0 Å². The molecule has 3 N–H and O–H groups in total. The van der Waals surface area contributed by atoms with Gasteiger partial charge in [0.25, 0.3) is 0 Å². The summed E-state index contributed by atoms with van der Waals surface area (Å²) in [6.07, 6.45) is 0.575. The molecular formula is C14H15NO3. The van der Waals surface area contributed by atoms with Gasteiger partial charge in [0.2, 0.25) is 0 Å². The Bertz CT molecular complexity index is 540. The lowest BCUT2D eigenvalue weighted by Crippen LogP contribution is -2.06. The summed E-state index contributed by atoms with van der Waals surface area (Å²) in [6.45, 7) is 1.31. The van der Waals surface area contributed by atoms with E-state index in [-0.39, 0.29) is 12.4 Å². The van der Waals surface area contributed by atoms with Gasteiger partial charge in [0.15, 0.2) is 0 Å². The molecule has 1 aromatic heterocycles. The zero-order chi connectivity index (χ0) is 13.1. The van der Waals surface area contributed by atoms with Crippen LogP contribution in [-0.2, 0) is 6.61 Å². The van der Waals surface area contributed by atoms with Crippen LogP contribution in [0.2, 0.25) is 0 Å². The van der Waals surface area contributed by atoms with Gasteiger partial charge in [-0.25, -0.2) is 0 Å². The Labute approximate surface area is 105 Å². The molecule has 0 saturated heterocycles. The van der Waals surface area contributed by atoms with Crippen molar-refractivity contribution in [2.45, 2.75) is 19.6 Å². The summed E-state index contributed by atoms with van der Waals surface area (Å²) in [5.74, 6) is -0.0648. The molecular weight excluding hydrogens is 230 g/mol. The van der Waals surface area contributed by atoms with E-state index in [1.54, 1.807) is 19.1 Å². The minimum atomic E-state index is -0.910. The van der Waals surface area contributed by atoms with Gasteiger partial charge < -0.3 is 15.3 Å². The van der Waals surface area contributed by atoms with Gasteiger partial charge in [0.1, 0.15) is 11.9 Å². The second kappa shape index (κ2) is 5.16. The Morgan fingerprint density at radius 2 is 1.89 bits per heavy atom. The van der Waals surface area contributed by atoms with E-state index >= 15 is 0 Å². The molecule has 2 rings (SSSR count). The maximum atomic E-state index is 10.3. The third-order valence-corrected chi connectivity index (χ3v) is 2.94. The second-order valence-electron chi connectivity index (χ2n) is 4.10. The van der Waals surface area contributed by atoms with Crippen LogP contribution in [-0.4, -0.2) is 20.3 Å². The molecule has 0 aliphatic carbocycles. The highest BCUT2D eigenvalue weighted by Crippen LogP contribution is 2.30. The molecule has 0 spiro atoms. The maximum absolute atomic E-state index is 10.3. The van der Waals surface area contributed by atoms with E-state index in [2.05, 4.69) is 4.98 Å². The van der Waals surface area contributed by atoms with Gasteiger partial charge in [0.05, 0.1) is 12.3 Å². The fourth-order valence-electron chi connectivity index (χ4n) is 1.88.